The molecule has 4 heteroatoms. The maximum Gasteiger partial charge on any atom is 0.250 e. The maximum atomic E-state index is 11.6. The summed E-state index contributed by atoms with van der Waals surface area (Å²) in [5, 5.41) is 3.40. The molecule has 0 aliphatic carbocycles. The lowest BCUT2D eigenvalue weighted by atomic mass is 10.0. The van der Waals surface area contributed by atoms with E-state index in [1.807, 2.05) is 12.3 Å². The number of nitrogens with zero attached hydrogens (tertiary/aromatic N) is 2. The lowest BCUT2D eigenvalue weighted by Crippen LogP contribution is -2.58. The van der Waals surface area contributed by atoms with Crippen molar-refractivity contribution in [3.63, 3.8) is 0 Å². The first-order chi connectivity index (χ1) is 8.09. The third-order valence-electron chi connectivity index (χ3n) is 3.48. The fourth-order valence-corrected chi connectivity index (χ4v) is 2.31. The smallest absolute Gasteiger partial charge is 0.250 e. The Balaban J connectivity index is 1.98. The highest BCUT2D eigenvalue weighted by Gasteiger charge is 2.28. The maximum absolute atomic E-state index is 11.6. The predicted molar refractivity (Wildman–Crippen MR) is 69.2 cm³/mol. The van der Waals surface area contributed by atoms with Crippen LogP contribution in [0.4, 0.5) is 0 Å². The molecule has 1 aliphatic heterocycles. The molecular formula is C13H21N3O. The van der Waals surface area contributed by atoms with E-state index in [4.69, 9.17) is 0 Å². The van der Waals surface area contributed by atoms with Crippen LogP contribution in [0.2, 0.25) is 0 Å². The zero-order valence-corrected chi connectivity index (χ0v) is 10.6. The van der Waals surface area contributed by atoms with E-state index >= 15 is 0 Å². The molecule has 0 bridgehead atoms. The second-order valence-electron chi connectivity index (χ2n) is 5.21. The summed E-state index contributed by atoms with van der Waals surface area (Å²) in [5.74, 6) is 0. The predicted octanol–water partition coefficient (Wildman–Crippen LogP) is 0.532. The number of pyridine rings is 1. The van der Waals surface area contributed by atoms with E-state index in [1.165, 1.54) is 0 Å². The third-order valence-corrected chi connectivity index (χ3v) is 3.48. The summed E-state index contributed by atoms with van der Waals surface area (Å²) >= 11 is 0. The molecule has 1 fully saturated rings. The Hall–Kier alpha value is -1.13. The van der Waals surface area contributed by atoms with Crippen molar-refractivity contribution in [1.29, 1.82) is 0 Å². The first-order valence-electron chi connectivity index (χ1n) is 6.21. The van der Waals surface area contributed by atoms with Crippen LogP contribution in [0, 0.1) is 0 Å². The molecule has 1 saturated heterocycles. The van der Waals surface area contributed by atoms with Crippen molar-refractivity contribution >= 4 is 0 Å². The van der Waals surface area contributed by atoms with E-state index in [2.05, 4.69) is 24.1 Å². The molecule has 0 saturated carbocycles. The molecular weight excluding hydrogens is 214 g/mol. The normalized spacial score (nSPS) is 20.4. The molecule has 1 aliphatic rings. The van der Waals surface area contributed by atoms with Gasteiger partial charge in [-0.25, -0.2) is 0 Å². The molecule has 0 unspecified atom stereocenters. The van der Waals surface area contributed by atoms with Crippen molar-refractivity contribution in [2.75, 3.05) is 26.2 Å². The fourth-order valence-electron chi connectivity index (χ4n) is 2.31. The molecule has 4 nitrogen and oxygen atoms in total. The SMILES string of the molecule is CC1(C)CNCCN1CCn1ccccc1=O. The molecule has 0 amide bonds. The molecule has 17 heavy (non-hydrogen) atoms. The third kappa shape index (κ3) is 2.96. The fraction of sp³-hybridized carbons (Fsp3) is 0.615. The number of rotatable bonds is 3. The topological polar surface area (TPSA) is 37.3 Å². The van der Waals surface area contributed by atoms with Gasteiger partial charge in [0.1, 0.15) is 0 Å². The van der Waals surface area contributed by atoms with Crippen LogP contribution in [0.15, 0.2) is 29.2 Å². The van der Waals surface area contributed by atoms with Crippen LogP contribution in [0.5, 0.6) is 0 Å². The van der Waals surface area contributed by atoms with Crippen LogP contribution in [-0.4, -0.2) is 41.2 Å². The highest BCUT2D eigenvalue weighted by Crippen LogP contribution is 2.15. The Labute approximate surface area is 102 Å². The van der Waals surface area contributed by atoms with Crippen molar-refractivity contribution in [3.05, 3.63) is 34.7 Å². The van der Waals surface area contributed by atoms with E-state index in [0.29, 0.717) is 0 Å². The molecule has 0 atom stereocenters. The summed E-state index contributed by atoms with van der Waals surface area (Å²) in [6.07, 6.45) is 1.86. The average molecular weight is 235 g/mol. The quantitative estimate of drug-likeness (QED) is 0.830. The van der Waals surface area contributed by atoms with E-state index in [0.717, 1.165) is 32.7 Å². The first-order valence-corrected chi connectivity index (χ1v) is 6.21. The number of hydrogen-bond donors (Lipinski definition) is 1. The number of piperazine rings is 1. The van der Waals surface area contributed by atoms with Gasteiger partial charge < -0.3 is 9.88 Å². The Morgan fingerprint density at radius 3 is 2.88 bits per heavy atom. The van der Waals surface area contributed by atoms with Gasteiger partial charge in [-0.05, 0) is 19.9 Å². The molecule has 1 N–H and O–H groups in total. The van der Waals surface area contributed by atoms with Gasteiger partial charge in [-0.1, -0.05) is 6.07 Å². The lowest BCUT2D eigenvalue weighted by molar-refractivity contribution is 0.0864. The van der Waals surface area contributed by atoms with Crippen LogP contribution >= 0.6 is 0 Å². The second-order valence-corrected chi connectivity index (χ2v) is 5.21. The van der Waals surface area contributed by atoms with E-state index in [-0.39, 0.29) is 11.1 Å². The van der Waals surface area contributed by atoms with E-state index < -0.39 is 0 Å². The largest absolute Gasteiger partial charge is 0.314 e. The van der Waals surface area contributed by atoms with E-state index in [9.17, 15) is 4.79 Å². The summed E-state index contributed by atoms with van der Waals surface area (Å²) in [4.78, 5) is 14.0. The van der Waals surface area contributed by atoms with Crippen LogP contribution in [-0.2, 0) is 6.54 Å². The van der Waals surface area contributed by atoms with Gasteiger partial charge in [0.05, 0.1) is 0 Å². The highest BCUT2D eigenvalue weighted by atomic mass is 16.1. The second kappa shape index (κ2) is 5.02. The van der Waals surface area contributed by atoms with E-state index in [1.54, 1.807) is 16.7 Å². The Morgan fingerprint density at radius 1 is 1.35 bits per heavy atom. The van der Waals surface area contributed by atoms with Gasteiger partial charge >= 0.3 is 0 Å². The van der Waals surface area contributed by atoms with Gasteiger partial charge in [-0.2, -0.15) is 0 Å². The number of aromatic nitrogens is 1. The van der Waals surface area contributed by atoms with Crippen molar-refractivity contribution in [2.45, 2.75) is 25.9 Å². The van der Waals surface area contributed by atoms with Crippen LogP contribution in [0.1, 0.15) is 13.8 Å². The molecule has 0 spiro atoms. The first kappa shape index (κ1) is 12.3. The van der Waals surface area contributed by atoms with Crippen LogP contribution in [0.3, 0.4) is 0 Å². The van der Waals surface area contributed by atoms with Crippen molar-refractivity contribution in [1.82, 2.24) is 14.8 Å². The van der Waals surface area contributed by atoms with Crippen LogP contribution in [0.25, 0.3) is 0 Å². The monoisotopic (exact) mass is 235 g/mol. The summed E-state index contributed by atoms with van der Waals surface area (Å²) < 4.78 is 1.78. The van der Waals surface area contributed by atoms with Crippen LogP contribution < -0.4 is 10.9 Å². The molecule has 0 radical (unpaired) electrons. The Bertz CT molecular complexity index is 425. The lowest BCUT2D eigenvalue weighted by Gasteiger charge is -2.42. The zero-order valence-electron chi connectivity index (χ0n) is 10.6. The summed E-state index contributed by atoms with van der Waals surface area (Å²) in [6, 6.07) is 5.31. The molecule has 1 aromatic rings. The summed E-state index contributed by atoms with van der Waals surface area (Å²) in [7, 11) is 0. The molecule has 94 valence electrons. The minimum absolute atomic E-state index is 0.0837. The van der Waals surface area contributed by atoms with Crippen molar-refractivity contribution in [2.24, 2.45) is 0 Å². The van der Waals surface area contributed by atoms with Crippen molar-refractivity contribution in [3.8, 4) is 0 Å². The molecule has 2 rings (SSSR count). The average Bonchev–Trinajstić information content (AvgIpc) is 2.29. The summed E-state index contributed by atoms with van der Waals surface area (Å²) in [6.45, 7) is 9.28. The molecule has 0 aromatic carbocycles. The zero-order chi connectivity index (χ0) is 12.3. The highest BCUT2D eigenvalue weighted by molar-refractivity contribution is 4.94. The molecule has 2 heterocycles. The van der Waals surface area contributed by atoms with Gasteiger partial charge in [-0.15, -0.1) is 0 Å². The minimum Gasteiger partial charge on any atom is -0.314 e. The summed E-state index contributed by atoms with van der Waals surface area (Å²) in [5.41, 5.74) is 0.261. The van der Waals surface area contributed by atoms with Gasteiger partial charge in [0.15, 0.2) is 0 Å². The number of hydrogen-bond acceptors (Lipinski definition) is 3. The van der Waals surface area contributed by atoms with Gasteiger partial charge in [0.2, 0.25) is 0 Å². The van der Waals surface area contributed by atoms with Gasteiger partial charge in [0.25, 0.3) is 5.56 Å². The standard InChI is InChI=1S/C13H21N3O/c1-13(2)11-14-6-8-16(13)10-9-15-7-4-3-5-12(15)17/h3-5,7,14H,6,8-11H2,1-2H3. The minimum atomic E-state index is 0.0837. The van der Waals surface area contributed by atoms with Crippen molar-refractivity contribution < 1.29 is 0 Å². The Morgan fingerprint density at radius 2 is 2.18 bits per heavy atom. The molecule has 1 aromatic heterocycles. The Kier molecular flexibility index (Phi) is 3.64. The number of nitrogens with one attached hydrogen (secondary N) is 1. The van der Waals surface area contributed by atoms with Gasteiger partial charge in [-0.3, -0.25) is 9.69 Å². The van der Waals surface area contributed by atoms with Gasteiger partial charge in [0, 0.05) is 50.5 Å².